The number of piperazine rings is 1. The lowest BCUT2D eigenvalue weighted by atomic mass is 10.1. The van der Waals surface area contributed by atoms with Crippen molar-refractivity contribution in [1.29, 1.82) is 0 Å². The molecule has 2 aliphatic heterocycles. The van der Waals surface area contributed by atoms with Crippen LogP contribution in [0.25, 0.3) is 11.3 Å². The van der Waals surface area contributed by atoms with E-state index in [9.17, 15) is 4.39 Å². The molecule has 5 rings (SSSR count). The quantitative estimate of drug-likeness (QED) is 0.537. The molecule has 0 spiro atoms. The molecule has 0 N–H and O–H groups in total. The van der Waals surface area contributed by atoms with Crippen molar-refractivity contribution >= 4 is 29.2 Å². The summed E-state index contributed by atoms with van der Waals surface area (Å²) in [5, 5.41) is 0.670. The Morgan fingerprint density at radius 2 is 1.79 bits per heavy atom. The molecular formula is C25H28ClFN6. The Kier molecular flexibility index (Phi) is 6.06. The maximum atomic E-state index is 13.5. The number of aromatic nitrogens is 3. The lowest BCUT2D eigenvalue weighted by molar-refractivity contribution is 0.542. The average molecular weight is 467 g/mol. The second-order valence-corrected chi connectivity index (χ2v) is 9.31. The lowest BCUT2D eigenvalue weighted by Crippen LogP contribution is -2.52. The van der Waals surface area contributed by atoms with Gasteiger partial charge < -0.3 is 14.7 Å². The van der Waals surface area contributed by atoms with Crippen molar-refractivity contribution < 1.29 is 4.39 Å². The van der Waals surface area contributed by atoms with E-state index in [0.717, 1.165) is 67.9 Å². The Labute approximate surface area is 199 Å². The molecule has 0 amide bonds. The zero-order valence-electron chi connectivity index (χ0n) is 19.0. The minimum Gasteiger partial charge on any atom is -0.352 e. The van der Waals surface area contributed by atoms with Gasteiger partial charge in [0.25, 0.3) is 0 Å². The van der Waals surface area contributed by atoms with E-state index in [0.29, 0.717) is 11.1 Å². The number of nitrogens with zero attached hydrogens (tertiary/aromatic N) is 6. The molecule has 33 heavy (non-hydrogen) atoms. The molecule has 0 saturated carbocycles. The summed E-state index contributed by atoms with van der Waals surface area (Å²) in [6.07, 6.45) is 4.06. The van der Waals surface area contributed by atoms with Crippen molar-refractivity contribution in [3.63, 3.8) is 0 Å². The minimum atomic E-state index is -0.251. The molecule has 2 aliphatic rings. The number of hydrogen-bond acceptors (Lipinski definition) is 6. The molecule has 1 aromatic carbocycles. The van der Waals surface area contributed by atoms with Crippen LogP contribution in [0.15, 0.2) is 48.7 Å². The zero-order valence-corrected chi connectivity index (χ0v) is 19.7. The van der Waals surface area contributed by atoms with E-state index in [1.165, 1.54) is 12.1 Å². The Balaban J connectivity index is 1.47. The van der Waals surface area contributed by atoms with Crippen LogP contribution in [0.2, 0.25) is 5.02 Å². The second kappa shape index (κ2) is 9.14. The molecular weight excluding hydrogens is 439 g/mol. The van der Waals surface area contributed by atoms with Crippen molar-refractivity contribution in [2.75, 3.05) is 40.9 Å². The van der Waals surface area contributed by atoms with Gasteiger partial charge in [-0.1, -0.05) is 11.6 Å². The molecule has 8 heteroatoms. The fourth-order valence-corrected chi connectivity index (χ4v) is 5.04. The molecule has 4 heterocycles. The van der Waals surface area contributed by atoms with Gasteiger partial charge in [-0.25, -0.2) is 14.4 Å². The summed E-state index contributed by atoms with van der Waals surface area (Å²) in [5.74, 6) is 2.23. The van der Waals surface area contributed by atoms with Crippen molar-refractivity contribution in [2.24, 2.45) is 0 Å². The van der Waals surface area contributed by atoms with E-state index < -0.39 is 0 Å². The highest BCUT2D eigenvalue weighted by atomic mass is 35.5. The van der Waals surface area contributed by atoms with Crippen molar-refractivity contribution in [2.45, 2.75) is 38.8 Å². The van der Waals surface area contributed by atoms with E-state index in [-0.39, 0.29) is 11.9 Å². The van der Waals surface area contributed by atoms with Crippen LogP contribution in [0.4, 0.5) is 22.0 Å². The average Bonchev–Trinajstić information content (AvgIpc) is 3.25. The number of hydrogen-bond donors (Lipinski definition) is 0. The molecule has 1 unspecified atom stereocenters. The highest BCUT2D eigenvalue weighted by Crippen LogP contribution is 2.31. The molecule has 2 atom stereocenters. The molecule has 172 valence electrons. The molecule has 2 aromatic heterocycles. The third kappa shape index (κ3) is 4.47. The summed E-state index contributed by atoms with van der Waals surface area (Å²) in [6.45, 7) is 7.76. The molecule has 6 nitrogen and oxygen atoms in total. The SMILES string of the molecule is CC1CCCN1c1nc(-c2ccc(F)cc2)cc(N2CCN(c3ncccc3Cl)C[C@H]2C)n1. The molecule has 2 fully saturated rings. The predicted octanol–water partition coefficient (Wildman–Crippen LogP) is 5.03. The van der Waals surface area contributed by atoms with Crippen molar-refractivity contribution in [3.8, 4) is 11.3 Å². The Morgan fingerprint density at radius 3 is 2.48 bits per heavy atom. The number of rotatable bonds is 4. The standard InChI is InChI=1S/C25H28ClFN6/c1-17-5-4-12-33(17)25-29-22(19-7-9-20(27)10-8-19)15-23(30-25)32-14-13-31(16-18(32)2)24-21(26)6-3-11-28-24/h3,6-11,15,17-18H,4-5,12-14,16H2,1-2H3/t17?,18-/m1/s1. The van der Waals surface area contributed by atoms with Gasteiger partial charge in [-0.2, -0.15) is 4.98 Å². The largest absolute Gasteiger partial charge is 0.352 e. The monoisotopic (exact) mass is 466 g/mol. The van der Waals surface area contributed by atoms with Gasteiger partial charge in [0.05, 0.1) is 10.7 Å². The third-order valence-electron chi connectivity index (χ3n) is 6.61. The maximum absolute atomic E-state index is 13.5. The zero-order chi connectivity index (χ0) is 22.9. The van der Waals surface area contributed by atoms with E-state index in [2.05, 4.69) is 33.5 Å². The van der Waals surface area contributed by atoms with E-state index in [1.54, 1.807) is 18.3 Å². The summed E-state index contributed by atoms with van der Waals surface area (Å²) < 4.78 is 13.5. The van der Waals surface area contributed by atoms with E-state index in [4.69, 9.17) is 21.6 Å². The minimum absolute atomic E-state index is 0.205. The summed E-state index contributed by atoms with van der Waals surface area (Å²) >= 11 is 6.39. The van der Waals surface area contributed by atoms with Crippen LogP contribution in [-0.2, 0) is 0 Å². The second-order valence-electron chi connectivity index (χ2n) is 8.90. The van der Waals surface area contributed by atoms with Gasteiger partial charge in [0.1, 0.15) is 17.5 Å². The fourth-order valence-electron chi connectivity index (χ4n) is 4.80. The Bertz CT molecular complexity index is 1120. The van der Waals surface area contributed by atoms with Gasteiger partial charge in [0, 0.05) is 56.1 Å². The first-order valence-electron chi connectivity index (χ1n) is 11.5. The van der Waals surface area contributed by atoms with Crippen LogP contribution in [0.5, 0.6) is 0 Å². The van der Waals surface area contributed by atoms with Crippen LogP contribution in [0, 0.1) is 5.82 Å². The van der Waals surface area contributed by atoms with Crippen LogP contribution < -0.4 is 14.7 Å². The van der Waals surface area contributed by atoms with Gasteiger partial charge in [-0.15, -0.1) is 0 Å². The van der Waals surface area contributed by atoms with E-state index in [1.807, 2.05) is 18.2 Å². The van der Waals surface area contributed by atoms with Crippen molar-refractivity contribution in [3.05, 3.63) is 59.5 Å². The molecule has 0 bridgehead atoms. The summed E-state index contributed by atoms with van der Waals surface area (Å²) in [7, 11) is 0. The number of benzene rings is 1. The molecule has 3 aromatic rings. The maximum Gasteiger partial charge on any atom is 0.228 e. The van der Waals surface area contributed by atoms with E-state index >= 15 is 0 Å². The summed E-state index contributed by atoms with van der Waals surface area (Å²) in [5.41, 5.74) is 1.70. The smallest absolute Gasteiger partial charge is 0.228 e. The molecule has 2 saturated heterocycles. The Morgan fingerprint density at radius 1 is 0.970 bits per heavy atom. The number of halogens is 2. The highest BCUT2D eigenvalue weighted by Gasteiger charge is 2.29. The van der Waals surface area contributed by atoms with Crippen LogP contribution >= 0.6 is 11.6 Å². The van der Waals surface area contributed by atoms with Gasteiger partial charge >= 0.3 is 0 Å². The Hall–Kier alpha value is -2.93. The molecule has 0 radical (unpaired) electrons. The normalized spacial score (nSPS) is 21.0. The van der Waals surface area contributed by atoms with Gasteiger partial charge in [-0.3, -0.25) is 0 Å². The fraction of sp³-hybridized carbons (Fsp3) is 0.400. The number of pyridine rings is 1. The number of anilines is 3. The first-order chi connectivity index (χ1) is 16.0. The highest BCUT2D eigenvalue weighted by molar-refractivity contribution is 6.32. The molecule has 0 aliphatic carbocycles. The first-order valence-corrected chi connectivity index (χ1v) is 11.9. The lowest BCUT2D eigenvalue weighted by Gasteiger charge is -2.41. The summed E-state index contributed by atoms with van der Waals surface area (Å²) in [4.78, 5) is 21.2. The summed E-state index contributed by atoms with van der Waals surface area (Å²) in [6, 6.07) is 12.9. The topological polar surface area (TPSA) is 48.4 Å². The first kappa shape index (κ1) is 21.9. The van der Waals surface area contributed by atoms with Gasteiger partial charge in [0.2, 0.25) is 5.95 Å². The van der Waals surface area contributed by atoms with Crippen molar-refractivity contribution in [1.82, 2.24) is 15.0 Å². The van der Waals surface area contributed by atoms with Crippen LogP contribution in [0.1, 0.15) is 26.7 Å². The van der Waals surface area contributed by atoms with Gasteiger partial charge in [-0.05, 0) is 63.1 Å². The van der Waals surface area contributed by atoms with Gasteiger partial charge in [0.15, 0.2) is 0 Å². The van der Waals surface area contributed by atoms with Crippen LogP contribution in [0.3, 0.4) is 0 Å². The third-order valence-corrected chi connectivity index (χ3v) is 6.91. The predicted molar refractivity (Wildman–Crippen MR) is 132 cm³/mol. The van der Waals surface area contributed by atoms with Crippen LogP contribution in [-0.4, -0.2) is 53.2 Å².